The fourth-order valence-corrected chi connectivity index (χ4v) is 1.52. The average molecular weight is 283 g/mol. The van der Waals surface area contributed by atoms with Gasteiger partial charge in [0.15, 0.2) is 6.61 Å². The van der Waals surface area contributed by atoms with Crippen molar-refractivity contribution in [1.29, 1.82) is 0 Å². The van der Waals surface area contributed by atoms with Gasteiger partial charge in [0.25, 0.3) is 0 Å². The molecule has 4 nitrogen and oxygen atoms in total. The van der Waals surface area contributed by atoms with Crippen LogP contribution in [0.1, 0.15) is 0 Å². The molecule has 7 heteroatoms. The van der Waals surface area contributed by atoms with Crippen LogP contribution >= 0.6 is 0 Å². The minimum absolute atomic E-state index is 0.294. The van der Waals surface area contributed by atoms with Crippen molar-refractivity contribution in [3.05, 3.63) is 36.7 Å². The highest BCUT2D eigenvalue weighted by Gasteiger charge is 2.28. The number of nitrogens with one attached hydrogen (secondary N) is 1. The van der Waals surface area contributed by atoms with Crippen molar-refractivity contribution in [3.63, 3.8) is 0 Å². The maximum Gasteiger partial charge on any atom is 0.422 e. The highest BCUT2D eigenvalue weighted by atomic mass is 19.4. The Morgan fingerprint density at radius 1 is 1.05 bits per heavy atom. The van der Waals surface area contributed by atoms with Crippen molar-refractivity contribution in [2.45, 2.75) is 6.18 Å². The average Bonchev–Trinajstić information content (AvgIpc) is 2.45. The third-order valence-corrected chi connectivity index (χ3v) is 2.50. The second-order valence-electron chi connectivity index (χ2n) is 3.99. The summed E-state index contributed by atoms with van der Waals surface area (Å²) >= 11 is 0. The number of aromatic nitrogens is 2. The van der Waals surface area contributed by atoms with Gasteiger partial charge in [-0.2, -0.15) is 13.2 Å². The molecule has 1 aromatic carbocycles. The second-order valence-corrected chi connectivity index (χ2v) is 3.99. The van der Waals surface area contributed by atoms with E-state index in [4.69, 9.17) is 0 Å². The molecule has 0 bridgehead atoms. The largest absolute Gasteiger partial charge is 0.454 e. The van der Waals surface area contributed by atoms with Crippen LogP contribution in [0, 0.1) is 0 Å². The molecule has 1 heterocycles. The number of alkyl halides is 3. The van der Waals surface area contributed by atoms with Crippen molar-refractivity contribution in [1.82, 2.24) is 9.97 Å². The zero-order chi connectivity index (χ0) is 14.6. The predicted molar refractivity (Wildman–Crippen MR) is 68.6 cm³/mol. The quantitative estimate of drug-likeness (QED) is 0.936. The Morgan fingerprint density at radius 2 is 1.65 bits per heavy atom. The Balaban J connectivity index is 2.07. The Morgan fingerprint density at radius 3 is 2.15 bits per heavy atom. The number of hydrogen-bond acceptors (Lipinski definition) is 4. The smallest absolute Gasteiger partial charge is 0.422 e. The third-order valence-electron chi connectivity index (χ3n) is 2.50. The van der Waals surface area contributed by atoms with E-state index in [2.05, 4.69) is 20.0 Å². The minimum atomic E-state index is -4.40. The van der Waals surface area contributed by atoms with E-state index < -0.39 is 12.8 Å². The molecule has 0 amide bonds. The highest BCUT2D eigenvalue weighted by molar-refractivity contribution is 5.64. The number of ether oxygens (including phenoxy) is 1. The monoisotopic (exact) mass is 283 g/mol. The second kappa shape index (κ2) is 5.77. The van der Waals surface area contributed by atoms with Gasteiger partial charge < -0.3 is 10.1 Å². The van der Waals surface area contributed by atoms with Crippen LogP contribution in [0.25, 0.3) is 11.1 Å². The van der Waals surface area contributed by atoms with Crippen LogP contribution in [0.5, 0.6) is 6.01 Å². The van der Waals surface area contributed by atoms with Crippen LogP contribution < -0.4 is 10.1 Å². The normalized spacial score (nSPS) is 11.2. The highest BCUT2D eigenvalue weighted by Crippen LogP contribution is 2.21. The van der Waals surface area contributed by atoms with Gasteiger partial charge >= 0.3 is 12.2 Å². The molecule has 0 saturated carbocycles. The summed E-state index contributed by atoms with van der Waals surface area (Å²) in [5.41, 5.74) is 2.53. The summed E-state index contributed by atoms with van der Waals surface area (Å²) in [6, 6.07) is 7.19. The molecule has 0 radical (unpaired) electrons. The number of halogens is 3. The molecule has 2 aromatic rings. The van der Waals surface area contributed by atoms with Gasteiger partial charge in [-0.3, -0.25) is 0 Å². The molecule has 0 aliphatic carbocycles. The van der Waals surface area contributed by atoms with Crippen LogP contribution in [-0.4, -0.2) is 29.8 Å². The van der Waals surface area contributed by atoms with Crippen LogP contribution in [0.2, 0.25) is 0 Å². The topological polar surface area (TPSA) is 47.0 Å². The van der Waals surface area contributed by atoms with Gasteiger partial charge in [0.1, 0.15) is 0 Å². The Kier molecular flexibility index (Phi) is 4.07. The van der Waals surface area contributed by atoms with Gasteiger partial charge in [-0.15, -0.1) is 0 Å². The molecular weight excluding hydrogens is 271 g/mol. The van der Waals surface area contributed by atoms with E-state index in [1.165, 1.54) is 12.4 Å². The van der Waals surface area contributed by atoms with Crippen LogP contribution in [0.15, 0.2) is 36.7 Å². The standard InChI is InChI=1S/C13H12F3N3O/c1-17-11-4-2-9(3-5-11)10-6-18-12(19-7-10)20-8-13(14,15)16/h2-7,17H,8H2,1H3. The summed E-state index contributed by atoms with van der Waals surface area (Å²) in [7, 11) is 1.81. The zero-order valence-corrected chi connectivity index (χ0v) is 10.6. The summed E-state index contributed by atoms with van der Waals surface area (Å²) < 4.78 is 40.4. The summed E-state index contributed by atoms with van der Waals surface area (Å²) in [5.74, 6) is 0. The van der Waals surface area contributed by atoms with Crippen LogP contribution in [-0.2, 0) is 0 Å². The fourth-order valence-electron chi connectivity index (χ4n) is 1.52. The maximum absolute atomic E-state index is 12.0. The van der Waals surface area contributed by atoms with Gasteiger partial charge in [-0.1, -0.05) is 12.1 Å². The van der Waals surface area contributed by atoms with E-state index in [9.17, 15) is 13.2 Å². The molecule has 0 unspecified atom stereocenters. The SMILES string of the molecule is CNc1ccc(-c2cnc(OCC(F)(F)F)nc2)cc1. The maximum atomic E-state index is 12.0. The van der Waals surface area contributed by atoms with Crippen molar-refractivity contribution in [3.8, 4) is 17.1 Å². The molecular formula is C13H12F3N3O. The molecule has 0 saturated heterocycles. The summed E-state index contributed by atoms with van der Waals surface area (Å²) in [4.78, 5) is 7.50. The lowest BCUT2D eigenvalue weighted by Crippen LogP contribution is -2.20. The van der Waals surface area contributed by atoms with E-state index in [1.807, 2.05) is 31.3 Å². The van der Waals surface area contributed by atoms with Gasteiger partial charge in [-0.05, 0) is 17.7 Å². The predicted octanol–water partition coefficient (Wildman–Crippen LogP) is 3.13. The van der Waals surface area contributed by atoms with Crippen molar-refractivity contribution in [2.75, 3.05) is 19.0 Å². The fraction of sp³-hybridized carbons (Fsp3) is 0.231. The molecule has 0 fully saturated rings. The van der Waals surface area contributed by atoms with Gasteiger partial charge in [0.05, 0.1) is 0 Å². The van der Waals surface area contributed by atoms with Crippen molar-refractivity contribution < 1.29 is 17.9 Å². The molecule has 106 valence electrons. The molecule has 1 aromatic heterocycles. The number of hydrogen-bond donors (Lipinski definition) is 1. The molecule has 2 rings (SSSR count). The summed E-state index contributed by atoms with van der Waals surface area (Å²) in [5, 5.41) is 2.99. The lowest BCUT2D eigenvalue weighted by atomic mass is 10.1. The Labute approximate surface area is 113 Å². The first-order valence-corrected chi connectivity index (χ1v) is 5.78. The summed E-state index contributed by atoms with van der Waals surface area (Å²) in [6.45, 7) is -1.40. The first-order chi connectivity index (χ1) is 9.48. The number of anilines is 1. The molecule has 0 aliphatic heterocycles. The lowest BCUT2D eigenvalue weighted by molar-refractivity contribution is -0.154. The summed E-state index contributed by atoms with van der Waals surface area (Å²) in [6.07, 6.45) is -1.55. The van der Waals surface area contributed by atoms with E-state index in [1.54, 1.807) is 0 Å². The van der Waals surface area contributed by atoms with E-state index >= 15 is 0 Å². The molecule has 20 heavy (non-hydrogen) atoms. The Hall–Kier alpha value is -2.31. The number of nitrogens with zero attached hydrogens (tertiary/aromatic N) is 2. The van der Waals surface area contributed by atoms with E-state index in [0.29, 0.717) is 5.56 Å². The minimum Gasteiger partial charge on any atom is -0.454 e. The number of benzene rings is 1. The van der Waals surface area contributed by atoms with Crippen LogP contribution in [0.3, 0.4) is 0 Å². The van der Waals surface area contributed by atoms with E-state index in [0.717, 1.165) is 11.3 Å². The number of rotatable bonds is 4. The van der Waals surface area contributed by atoms with E-state index in [-0.39, 0.29) is 6.01 Å². The first kappa shape index (κ1) is 14.1. The zero-order valence-electron chi connectivity index (χ0n) is 10.6. The van der Waals surface area contributed by atoms with Crippen molar-refractivity contribution in [2.24, 2.45) is 0 Å². The Bertz CT molecular complexity index is 553. The molecule has 0 spiro atoms. The van der Waals surface area contributed by atoms with Gasteiger partial charge in [0, 0.05) is 30.7 Å². The lowest BCUT2D eigenvalue weighted by Gasteiger charge is -2.08. The molecule has 1 N–H and O–H groups in total. The molecule has 0 aliphatic rings. The third kappa shape index (κ3) is 3.84. The van der Waals surface area contributed by atoms with Crippen molar-refractivity contribution >= 4 is 5.69 Å². The van der Waals surface area contributed by atoms with Gasteiger partial charge in [0.2, 0.25) is 0 Å². The molecule has 0 atom stereocenters. The van der Waals surface area contributed by atoms with Gasteiger partial charge in [-0.25, -0.2) is 9.97 Å². The first-order valence-electron chi connectivity index (χ1n) is 5.78. The van der Waals surface area contributed by atoms with Crippen LogP contribution in [0.4, 0.5) is 18.9 Å².